The number of aromatic carboxylic acids is 1. The van der Waals surface area contributed by atoms with Crippen LogP contribution in [0.3, 0.4) is 0 Å². The van der Waals surface area contributed by atoms with Gasteiger partial charge in [0.25, 0.3) is 0 Å². The van der Waals surface area contributed by atoms with E-state index in [0.717, 1.165) is 17.3 Å². The lowest BCUT2D eigenvalue weighted by atomic mass is 10.1. The maximum Gasteiger partial charge on any atom is 0.339 e. The topological polar surface area (TPSA) is 91.3 Å². The summed E-state index contributed by atoms with van der Waals surface area (Å²) in [5.41, 5.74) is 1.42. The molecule has 2 aromatic rings. The maximum absolute atomic E-state index is 11.4. The highest BCUT2D eigenvalue weighted by atomic mass is 16.4. The van der Waals surface area contributed by atoms with E-state index in [1.54, 1.807) is 0 Å². The third-order valence-corrected chi connectivity index (χ3v) is 3.62. The summed E-state index contributed by atoms with van der Waals surface area (Å²) in [6, 6.07) is 7.41. The molecule has 3 N–H and O–H groups in total. The molecule has 0 saturated carbocycles. The summed E-state index contributed by atoms with van der Waals surface area (Å²) < 4.78 is 0. The standard InChI is InChI=1S/C15H15N3O3/c19-13-6-5-9(18-13)7-17-14-10-3-1-2-4-12(10)16-8-11(14)15(20)21/h1-4,8-9H,5-7H2,(H,16,17)(H,18,19)(H,20,21). The second-order valence-corrected chi connectivity index (χ2v) is 5.05. The number of hydrogen-bond acceptors (Lipinski definition) is 4. The van der Waals surface area contributed by atoms with Gasteiger partial charge in [-0.15, -0.1) is 0 Å². The molecule has 1 unspecified atom stereocenters. The molecule has 108 valence electrons. The molecule has 1 aliphatic heterocycles. The third kappa shape index (κ3) is 2.65. The van der Waals surface area contributed by atoms with Gasteiger partial charge in [-0.1, -0.05) is 18.2 Å². The van der Waals surface area contributed by atoms with Crippen LogP contribution in [0.4, 0.5) is 5.69 Å². The first-order valence-corrected chi connectivity index (χ1v) is 6.79. The second kappa shape index (κ2) is 5.40. The molecule has 2 heterocycles. The average molecular weight is 285 g/mol. The fourth-order valence-corrected chi connectivity index (χ4v) is 2.55. The van der Waals surface area contributed by atoms with Crippen molar-refractivity contribution in [2.75, 3.05) is 11.9 Å². The van der Waals surface area contributed by atoms with Crippen LogP contribution in [0.25, 0.3) is 10.9 Å². The van der Waals surface area contributed by atoms with Gasteiger partial charge >= 0.3 is 5.97 Å². The molecule has 0 aliphatic carbocycles. The van der Waals surface area contributed by atoms with Crippen LogP contribution < -0.4 is 10.6 Å². The molecule has 0 spiro atoms. The first-order chi connectivity index (χ1) is 10.1. The Bertz CT molecular complexity index is 714. The van der Waals surface area contributed by atoms with E-state index in [1.165, 1.54) is 6.20 Å². The van der Waals surface area contributed by atoms with Crippen molar-refractivity contribution >= 4 is 28.5 Å². The number of nitrogens with zero attached hydrogens (tertiary/aromatic N) is 1. The number of carboxylic acid groups (broad SMARTS) is 1. The summed E-state index contributed by atoms with van der Waals surface area (Å²) in [6.07, 6.45) is 2.65. The second-order valence-electron chi connectivity index (χ2n) is 5.05. The molecule has 21 heavy (non-hydrogen) atoms. The van der Waals surface area contributed by atoms with Crippen LogP contribution >= 0.6 is 0 Å². The van der Waals surface area contributed by atoms with E-state index in [4.69, 9.17) is 0 Å². The predicted molar refractivity (Wildman–Crippen MR) is 78.4 cm³/mol. The van der Waals surface area contributed by atoms with E-state index in [1.807, 2.05) is 24.3 Å². The number of aromatic nitrogens is 1. The van der Waals surface area contributed by atoms with Crippen molar-refractivity contribution < 1.29 is 14.7 Å². The Morgan fingerprint density at radius 2 is 2.24 bits per heavy atom. The molecular formula is C15H15N3O3. The van der Waals surface area contributed by atoms with Crippen molar-refractivity contribution in [3.8, 4) is 0 Å². The van der Waals surface area contributed by atoms with Gasteiger partial charge in [-0.3, -0.25) is 9.78 Å². The summed E-state index contributed by atoms with van der Waals surface area (Å²) in [5, 5.41) is 16.1. The van der Waals surface area contributed by atoms with Gasteiger partial charge in [-0.25, -0.2) is 4.79 Å². The number of pyridine rings is 1. The molecule has 1 atom stereocenters. The predicted octanol–water partition coefficient (Wildman–Crippen LogP) is 1.62. The summed E-state index contributed by atoms with van der Waals surface area (Å²) in [6.45, 7) is 0.500. The Hall–Kier alpha value is -2.63. The van der Waals surface area contributed by atoms with E-state index in [2.05, 4.69) is 15.6 Å². The molecule has 3 rings (SSSR count). The molecule has 6 heteroatoms. The van der Waals surface area contributed by atoms with E-state index >= 15 is 0 Å². The third-order valence-electron chi connectivity index (χ3n) is 3.62. The lowest BCUT2D eigenvalue weighted by Crippen LogP contribution is -2.32. The highest BCUT2D eigenvalue weighted by Gasteiger charge is 2.21. The van der Waals surface area contributed by atoms with Crippen molar-refractivity contribution in [3.05, 3.63) is 36.0 Å². The van der Waals surface area contributed by atoms with Crippen molar-refractivity contribution in [2.24, 2.45) is 0 Å². The number of amides is 1. The highest BCUT2D eigenvalue weighted by Crippen LogP contribution is 2.26. The molecule has 1 aliphatic rings. The first kappa shape index (κ1) is 13.4. The minimum atomic E-state index is -1.02. The number of carboxylic acids is 1. The molecule has 1 aromatic heterocycles. The zero-order chi connectivity index (χ0) is 14.8. The number of carbonyl (C=O) groups is 2. The molecular weight excluding hydrogens is 270 g/mol. The smallest absolute Gasteiger partial charge is 0.339 e. The average Bonchev–Trinajstić information content (AvgIpc) is 2.90. The molecule has 1 aromatic carbocycles. The van der Waals surface area contributed by atoms with Crippen LogP contribution in [0, 0.1) is 0 Å². The molecule has 6 nitrogen and oxygen atoms in total. The lowest BCUT2D eigenvalue weighted by molar-refractivity contribution is -0.119. The monoisotopic (exact) mass is 285 g/mol. The number of anilines is 1. The van der Waals surface area contributed by atoms with Gasteiger partial charge in [-0.05, 0) is 12.5 Å². The van der Waals surface area contributed by atoms with Crippen molar-refractivity contribution in [1.29, 1.82) is 0 Å². The molecule has 1 amide bonds. The molecule has 1 fully saturated rings. The quantitative estimate of drug-likeness (QED) is 0.794. The van der Waals surface area contributed by atoms with Crippen LogP contribution in [0.15, 0.2) is 30.5 Å². The Morgan fingerprint density at radius 1 is 1.43 bits per heavy atom. The van der Waals surface area contributed by atoms with Crippen molar-refractivity contribution in [3.63, 3.8) is 0 Å². The summed E-state index contributed by atoms with van der Waals surface area (Å²) in [7, 11) is 0. The van der Waals surface area contributed by atoms with E-state index in [-0.39, 0.29) is 17.5 Å². The highest BCUT2D eigenvalue weighted by molar-refractivity contribution is 6.04. The largest absolute Gasteiger partial charge is 0.478 e. The fraction of sp³-hybridized carbons (Fsp3) is 0.267. The summed E-state index contributed by atoms with van der Waals surface area (Å²) in [4.78, 5) is 26.7. The zero-order valence-electron chi connectivity index (χ0n) is 11.3. The Kier molecular flexibility index (Phi) is 3.43. The molecule has 1 saturated heterocycles. The normalized spacial score (nSPS) is 17.7. The van der Waals surface area contributed by atoms with Gasteiger partial charge in [0.15, 0.2) is 0 Å². The SMILES string of the molecule is O=C1CCC(CNc2c(C(=O)O)cnc3ccccc23)N1. The first-order valence-electron chi connectivity index (χ1n) is 6.79. The number of benzene rings is 1. The van der Waals surface area contributed by atoms with Crippen LogP contribution in [-0.2, 0) is 4.79 Å². The van der Waals surface area contributed by atoms with E-state index in [9.17, 15) is 14.7 Å². The summed E-state index contributed by atoms with van der Waals surface area (Å²) >= 11 is 0. The lowest BCUT2D eigenvalue weighted by Gasteiger charge is -2.16. The number of carbonyl (C=O) groups excluding carboxylic acids is 1. The van der Waals surface area contributed by atoms with Gasteiger partial charge in [0.1, 0.15) is 5.56 Å². The van der Waals surface area contributed by atoms with Crippen LogP contribution in [0.5, 0.6) is 0 Å². The molecule has 0 bridgehead atoms. The minimum absolute atomic E-state index is 0.0334. The van der Waals surface area contributed by atoms with Gasteiger partial charge in [0, 0.05) is 30.6 Å². The van der Waals surface area contributed by atoms with Gasteiger partial charge in [0.2, 0.25) is 5.91 Å². The van der Waals surface area contributed by atoms with Crippen molar-refractivity contribution in [2.45, 2.75) is 18.9 Å². The zero-order valence-corrected chi connectivity index (χ0v) is 11.3. The van der Waals surface area contributed by atoms with Gasteiger partial charge < -0.3 is 15.7 Å². The van der Waals surface area contributed by atoms with E-state index < -0.39 is 5.97 Å². The number of fused-ring (bicyclic) bond motifs is 1. The summed E-state index contributed by atoms with van der Waals surface area (Å²) in [5.74, 6) is -0.981. The number of rotatable bonds is 4. The van der Waals surface area contributed by atoms with Crippen LogP contribution in [0.1, 0.15) is 23.2 Å². The van der Waals surface area contributed by atoms with Crippen LogP contribution in [-0.4, -0.2) is 34.6 Å². The number of para-hydroxylation sites is 1. The van der Waals surface area contributed by atoms with Gasteiger partial charge in [0.05, 0.1) is 11.2 Å². The minimum Gasteiger partial charge on any atom is -0.478 e. The Labute approximate surface area is 121 Å². The van der Waals surface area contributed by atoms with Gasteiger partial charge in [-0.2, -0.15) is 0 Å². The Morgan fingerprint density at radius 3 is 2.95 bits per heavy atom. The van der Waals surface area contributed by atoms with E-state index in [0.29, 0.717) is 18.7 Å². The number of nitrogens with one attached hydrogen (secondary N) is 2. The Balaban J connectivity index is 1.92. The molecule has 0 radical (unpaired) electrons. The number of hydrogen-bond donors (Lipinski definition) is 3. The van der Waals surface area contributed by atoms with Crippen LogP contribution in [0.2, 0.25) is 0 Å². The van der Waals surface area contributed by atoms with Crippen molar-refractivity contribution in [1.82, 2.24) is 10.3 Å². The maximum atomic E-state index is 11.4. The fourth-order valence-electron chi connectivity index (χ4n) is 2.55.